The second-order valence-corrected chi connectivity index (χ2v) is 5.61. The molecule has 0 aliphatic carbocycles. The van der Waals surface area contributed by atoms with E-state index in [1.165, 1.54) is 18.7 Å². The molecule has 1 aliphatic rings. The zero-order valence-corrected chi connectivity index (χ0v) is 13.0. The lowest BCUT2D eigenvalue weighted by Gasteiger charge is -2.30. The lowest BCUT2D eigenvalue weighted by molar-refractivity contribution is -0.155. The molecule has 7 heteroatoms. The van der Waals surface area contributed by atoms with Crippen molar-refractivity contribution in [1.82, 2.24) is 10.2 Å². The second kappa shape index (κ2) is 7.40. The van der Waals surface area contributed by atoms with Gasteiger partial charge in [0.25, 0.3) is 5.91 Å². The highest BCUT2D eigenvalue weighted by atomic mass is 16.5. The molecule has 0 bridgehead atoms. The first-order valence-electron chi connectivity index (χ1n) is 7.17. The Morgan fingerprint density at radius 2 is 2.00 bits per heavy atom. The number of carboxylic acid groups (broad SMARTS) is 1. The van der Waals surface area contributed by atoms with Crippen LogP contribution in [0.2, 0.25) is 0 Å². The molecular formula is C14H24N2O5. The van der Waals surface area contributed by atoms with Gasteiger partial charge in [-0.25, -0.2) is 4.79 Å². The van der Waals surface area contributed by atoms with Crippen molar-refractivity contribution in [2.24, 2.45) is 5.92 Å². The van der Waals surface area contributed by atoms with Crippen molar-refractivity contribution < 1.29 is 24.2 Å². The van der Waals surface area contributed by atoms with E-state index < -0.39 is 18.1 Å². The highest BCUT2D eigenvalue weighted by Crippen LogP contribution is 2.27. The minimum Gasteiger partial charge on any atom is -0.480 e. The summed E-state index contributed by atoms with van der Waals surface area (Å²) in [6.07, 6.45) is 0.155. The van der Waals surface area contributed by atoms with Crippen LogP contribution in [0.4, 0.5) is 0 Å². The Balaban J connectivity index is 2.77. The lowest BCUT2D eigenvalue weighted by Crippen LogP contribution is -2.51. The highest BCUT2D eigenvalue weighted by Gasteiger charge is 2.39. The molecule has 2 amide bonds. The predicted molar refractivity (Wildman–Crippen MR) is 75.6 cm³/mol. The molecule has 4 unspecified atom stereocenters. The van der Waals surface area contributed by atoms with Crippen LogP contribution in [0.1, 0.15) is 34.1 Å². The van der Waals surface area contributed by atoms with E-state index in [0.29, 0.717) is 0 Å². The molecule has 0 saturated carbocycles. The van der Waals surface area contributed by atoms with Gasteiger partial charge in [-0.2, -0.15) is 0 Å². The average molecular weight is 300 g/mol. The fraction of sp³-hybridized carbons (Fsp3) is 0.786. The quantitative estimate of drug-likeness (QED) is 0.732. The Labute approximate surface area is 124 Å². The fourth-order valence-electron chi connectivity index (χ4n) is 2.53. The van der Waals surface area contributed by atoms with E-state index in [4.69, 9.17) is 9.84 Å². The maximum Gasteiger partial charge on any atom is 0.326 e. The van der Waals surface area contributed by atoms with Crippen LogP contribution in [0, 0.1) is 5.92 Å². The summed E-state index contributed by atoms with van der Waals surface area (Å²) in [7, 11) is 0. The molecule has 1 heterocycles. The third-order valence-corrected chi connectivity index (χ3v) is 3.68. The van der Waals surface area contributed by atoms with E-state index in [-0.39, 0.29) is 36.9 Å². The van der Waals surface area contributed by atoms with Gasteiger partial charge in [-0.1, -0.05) is 6.92 Å². The fourth-order valence-corrected chi connectivity index (χ4v) is 2.53. The van der Waals surface area contributed by atoms with Gasteiger partial charge in [0, 0.05) is 20.0 Å². The summed E-state index contributed by atoms with van der Waals surface area (Å²) in [6, 6.07) is -0.960. The number of carboxylic acids is 1. The molecule has 0 radical (unpaired) electrons. The van der Waals surface area contributed by atoms with E-state index in [2.05, 4.69) is 5.32 Å². The number of carbonyl (C=O) groups is 3. The molecule has 1 saturated heterocycles. The van der Waals surface area contributed by atoms with Crippen molar-refractivity contribution in [3.05, 3.63) is 0 Å². The van der Waals surface area contributed by atoms with Gasteiger partial charge in [0.05, 0.1) is 6.10 Å². The monoisotopic (exact) mass is 300 g/mol. The Bertz CT molecular complexity index is 412. The van der Waals surface area contributed by atoms with E-state index in [1.54, 1.807) is 0 Å². The predicted octanol–water partition coefficient (Wildman–Crippen LogP) is 0.238. The molecule has 1 fully saturated rings. The topological polar surface area (TPSA) is 95.9 Å². The van der Waals surface area contributed by atoms with Crippen LogP contribution >= 0.6 is 0 Å². The number of hydrogen-bond donors (Lipinski definition) is 2. The smallest absolute Gasteiger partial charge is 0.326 e. The van der Waals surface area contributed by atoms with Crippen LogP contribution in [0.15, 0.2) is 0 Å². The maximum absolute atomic E-state index is 12.5. The summed E-state index contributed by atoms with van der Waals surface area (Å²) < 4.78 is 5.60. The van der Waals surface area contributed by atoms with Crippen LogP contribution in [0.25, 0.3) is 0 Å². The molecule has 4 atom stereocenters. The number of rotatable bonds is 6. The molecule has 21 heavy (non-hydrogen) atoms. The van der Waals surface area contributed by atoms with Gasteiger partial charge in [-0.3, -0.25) is 9.59 Å². The summed E-state index contributed by atoms with van der Waals surface area (Å²) in [5, 5.41) is 11.7. The Kier molecular flexibility index (Phi) is 6.14. The first kappa shape index (κ1) is 17.4. The highest BCUT2D eigenvalue weighted by molar-refractivity contribution is 5.86. The number of ether oxygens (including phenoxy) is 1. The van der Waals surface area contributed by atoms with Crippen molar-refractivity contribution in [3.8, 4) is 0 Å². The van der Waals surface area contributed by atoms with Crippen molar-refractivity contribution in [2.75, 3.05) is 13.1 Å². The van der Waals surface area contributed by atoms with Crippen molar-refractivity contribution in [3.63, 3.8) is 0 Å². The van der Waals surface area contributed by atoms with Crippen LogP contribution in [-0.4, -0.2) is 59.1 Å². The van der Waals surface area contributed by atoms with Gasteiger partial charge >= 0.3 is 5.97 Å². The molecule has 0 aromatic rings. The van der Waals surface area contributed by atoms with Crippen LogP contribution in [-0.2, 0) is 19.1 Å². The zero-order valence-electron chi connectivity index (χ0n) is 13.0. The first-order valence-corrected chi connectivity index (χ1v) is 7.17. The Hall–Kier alpha value is -1.63. The van der Waals surface area contributed by atoms with Gasteiger partial charge in [-0.05, 0) is 26.2 Å². The minimum absolute atomic E-state index is 0.00808. The summed E-state index contributed by atoms with van der Waals surface area (Å²) in [6.45, 7) is 7.01. The van der Waals surface area contributed by atoms with E-state index in [1.807, 2.05) is 13.8 Å². The average Bonchev–Trinajstić information content (AvgIpc) is 2.72. The number of hydrogen-bond acceptors (Lipinski definition) is 4. The van der Waals surface area contributed by atoms with E-state index in [0.717, 1.165) is 6.42 Å². The van der Waals surface area contributed by atoms with Crippen LogP contribution in [0.3, 0.4) is 0 Å². The SMILES string of the molecule is CC(=O)NCCN(C(=O)C1OC(C)CC1C)C(C)C(=O)O. The molecule has 1 aliphatic heterocycles. The molecule has 120 valence electrons. The number of aliphatic carboxylic acids is 1. The van der Waals surface area contributed by atoms with Crippen molar-refractivity contribution >= 4 is 17.8 Å². The number of amides is 2. The van der Waals surface area contributed by atoms with Crippen LogP contribution < -0.4 is 5.32 Å². The summed E-state index contributed by atoms with van der Waals surface area (Å²) in [5.74, 6) is -1.57. The largest absolute Gasteiger partial charge is 0.480 e. The van der Waals surface area contributed by atoms with E-state index in [9.17, 15) is 14.4 Å². The van der Waals surface area contributed by atoms with Gasteiger partial charge < -0.3 is 20.1 Å². The molecular weight excluding hydrogens is 276 g/mol. The molecule has 1 rings (SSSR count). The first-order chi connectivity index (χ1) is 9.73. The van der Waals surface area contributed by atoms with Gasteiger partial charge in [0.1, 0.15) is 12.1 Å². The minimum atomic E-state index is -1.08. The van der Waals surface area contributed by atoms with E-state index >= 15 is 0 Å². The molecule has 0 aromatic carbocycles. The standard InChI is InChI=1S/C14H24N2O5/c1-8-7-9(2)21-12(8)13(18)16(10(3)14(19)20)6-5-15-11(4)17/h8-10,12H,5-7H2,1-4H3,(H,15,17)(H,19,20). The molecule has 2 N–H and O–H groups in total. The lowest BCUT2D eigenvalue weighted by atomic mass is 10.0. The van der Waals surface area contributed by atoms with Crippen molar-refractivity contribution in [1.29, 1.82) is 0 Å². The summed E-state index contributed by atoms with van der Waals surface area (Å²) >= 11 is 0. The number of nitrogens with zero attached hydrogens (tertiary/aromatic N) is 1. The molecule has 0 aromatic heterocycles. The molecule has 7 nitrogen and oxygen atoms in total. The Morgan fingerprint density at radius 3 is 2.43 bits per heavy atom. The molecule has 0 spiro atoms. The summed E-state index contributed by atoms with van der Waals surface area (Å²) in [4.78, 5) is 35.9. The Morgan fingerprint density at radius 1 is 1.38 bits per heavy atom. The third-order valence-electron chi connectivity index (χ3n) is 3.68. The second-order valence-electron chi connectivity index (χ2n) is 5.61. The summed E-state index contributed by atoms with van der Waals surface area (Å²) in [5.41, 5.74) is 0. The zero-order chi connectivity index (χ0) is 16.2. The number of nitrogens with one attached hydrogen (secondary N) is 1. The maximum atomic E-state index is 12.5. The normalized spacial score (nSPS) is 26.2. The van der Waals surface area contributed by atoms with Crippen molar-refractivity contribution in [2.45, 2.75) is 52.4 Å². The van der Waals surface area contributed by atoms with Gasteiger partial charge in [0.15, 0.2) is 0 Å². The van der Waals surface area contributed by atoms with Gasteiger partial charge in [0.2, 0.25) is 5.91 Å². The van der Waals surface area contributed by atoms with Crippen LogP contribution in [0.5, 0.6) is 0 Å². The third kappa shape index (κ3) is 4.70. The number of carbonyl (C=O) groups excluding carboxylic acids is 2. The van der Waals surface area contributed by atoms with Gasteiger partial charge in [-0.15, -0.1) is 0 Å².